The molecule has 2 N–H and O–H groups in total. The average molecular weight is 334 g/mol. The Balaban J connectivity index is 1.98. The minimum Gasteiger partial charge on any atom is -0.383 e. The van der Waals surface area contributed by atoms with Crippen molar-refractivity contribution in [3.8, 4) is 0 Å². The van der Waals surface area contributed by atoms with Crippen LogP contribution in [-0.2, 0) is 16.1 Å². The van der Waals surface area contributed by atoms with Gasteiger partial charge in [0, 0.05) is 26.1 Å². The van der Waals surface area contributed by atoms with Crippen LogP contribution >= 0.6 is 0 Å². The summed E-state index contributed by atoms with van der Waals surface area (Å²) >= 11 is 0. The van der Waals surface area contributed by atoms with E-state index >= 15 is 0 Å². The van der Waals surface area contributed by atoms with Gasteiger partial charge in [0.05, 0.1) is 24.7 Å². The molecule has 0 aliphatic carbocycles. The van der Waals surface area contributed by atoms with Gasteiger partial charge in [-0.05, 0) is 12.8 Å². The maximum atomic E-state index is 12.0. The second kappa shape index (κ2) is 9.17. The van der Waals surface area contributed by atoms with Gasteiger partial charge in [-0.2, -0.15) is 5.10 Å². The van der Waals surface area contributed by atoms with Gasteiger partial charge in [0.15, 0.2) is 5.65 Å². The van der Waals surface area contributed by atoms with Crippen molar-refractivity contribution in [1.29, 1.82) is 0 Å². The highest BCUT2D eigenvalue weighted by Crippen LogP contribution is 2.18. The van der Waals surface area contributed by atoms with Crippen molar-refractivity contribution in [1.82, 2.24) is 25.1 Å². The lowest BCUT2D eigenvalue weighted by Gasteiger charge is -2.12. The maximum Gasteiger partial charge on any atom is 0.223 e. The summed E-state index contributed by atoms with van der Waals surface area (Å²) in [6.45, 7) is 6.43. The van der Waals surface area contributed by atoms with Crippen molar-refractivity contribution >= 4 is 22.8 Å². The molecular weight excluding hydrogens is 308 g/mol. The first-order chi connectivity index (χ1) is 11.7. The van der Waals surface area contributed by atoms with Crippen LogP contribution in [0.5, 0.6) is 0 Å². The molecule has 0 aliphatic rings. The van der Waals surface area contributed by atoms with E-state index in [1.165, 1.54) is 6.33 Å². The first-order valence-electron chi connectivity index (χ1n) is 8.38. The maximum absolute atomic E-state index is 12.0. The van der Waals surface area contributed by atoms with Crippen molar-refractivity contribution < 1.29 is 9.53 Å². The third-order valence-electron chi connectivity index (χ3n) is 4.01. The van der Waals surface area contributed by atoms with Gasteiger partial charge in [0.2, 0.25) is 5.91 Å². The van der Waals surface area contributed by atoms with Crippen LogP contribution in [0.25, 0.3) is 11.0 Å². The van der Waals surface area contributed by atoms with E-state index in [2.05, 4.69) is 25.7 Å². The lowest BCUT2D eigenvalue weighted by Crippen LogP contribution is -2.32. The molecule has 1 amide bonds. The Kier molecular flexibility index (Phi) is 6.92. The quantitative estimate of drug-likeness (QED) is 0.639. The third-order valence-corrected chi connectivity index (χ3v) is 4.01. The van der Waals surface area contributed by atoms with Crippen LogP contribution in [0.2, 0.25) is 0 Å². The molecule has 2 heterocycles. The van der Waals surface area contributed by atoms with Gasteiger partial charge in [0.25, 0.3) is 0 Å². The molecule has 0 saturated heterocycles. The number of methoxy groups -OCH3 is 1. The SMILES string of the molecule is CCC(CC)C(=O)NCCn1ncc2c(NCCOC)ncnc21. The smallest absolute Gasteiger partial charge is 0.223 e. The van der Waals surface area contributed by atoms with Gasteiger partial charge in [-0.3, -0.25) is 4.79 Å². The van der Waals surface area contributed by atoms with Gasteiger partial charge in [-0.1, -0.05) is 13.8 Å². The summed E-state index contributed by atoms with van der Waals surface area (Å²) in [7, 11) is 1.66. The number of fused-ring (bicyclic) bond motifs is 1. The van der Waals surface area contributed by atoms with Crippen LogP contribution in [0.3, 0.4) is 0 Å². The number of ether oxygens (including phenoxy) is 1. The Bertz CT molecular complexity index is 653. The molecule has 8 heteroatoms. The largest absolute Gasteiger partial charge is 0.383 e. The molecule has 8 nitrogen and oxygen atoms in total. The third kappa shape index (κ3) is 4.41. The van der Waals surface area contributed by atoms with Crippen LogP contribution in [0.15, 0.2) is 12.5 Å². The Morgan fingerprint density at radius 2 is 2.08 bits per heavy atom. The van der Waals surface area contributed by atoms with Gasteiger partial charge in [0.1, 0.15) is 12.1 Å². The molecule has 2 aromatic heterocycles. The zero-order valence-corrected chi connectivity index (χ0v) is 14.6. The van der Waals surface area contributed by atoms with E-state index in [0.29, 0.717) is 26.2 Å². The number of anilines is 1. The number of hydrogen-bond acceptors (Lipinski definition) is 6. The number of nitrogens with one attached hydrogen (secondary N) is 2. The van der Waals surface area contributed by atoms with E-state index in [4.69, 9.17) is 4.74 Å². The minimum atomic E-state index is 0.0817. The van der Waals surface area contributed by atoms with Crippen molar-refractivity contribution in [2.45, 2.75) is 33.2 Å². The monoisotopic (exact) mass is 334 g/mol. The summed E-state index contributed by atoms with van der Waals surface area (Å²) in [5.74, 6) is 0.927. The van der Waals surface area contributed by atoms with E-state index in [9.17, 15) is 4.79 Å². The second-order valence-corrected chi connectivity index (χ2v) is 5.55. The summed E-state index contributed by atoms with van der Waals surface area (Å²) in [4.78, 5) is 20.6. The highest BCUT2D eigenvalue weighted by molar-refractivity contribution is 5.86. The van der Waals surface area contributed by atoms with Crippen LogP contribution < -0.4 is 10.6 Å². The van der Waals surface area contributed by atoms with Crippen LogP contribution in [0.4, 0.5) is 5.82 Å². The molecule has 2 rings (SSSR count). The van der Waals surface area contributed by atoms with Crippen molar-refractivity contribution in [3.63, 3.8) is 0 Å². The molecule has 0 fully saturated rings. The second-order valence-electron chi connectivity index (χ2n) is 5.55. The lowest BCUT2D eigenvalue weighted by molar-refractivity contribution is -0.125. The van der Waals surface area contributed by atoms with E-state index in [-0.39, 0.29) is 11.8 Å². The van der Waals surface area contributed by atoms with E-state index in [1.54, 1.807) is 18.0 Å². The normalized spacial score (nSPS) is 11.2. The highest BCUT2D eigenvalue weighted by Gasteiger charge is 2.14. The zero-order valence-electron chi connectivity index (χ0n) is 14.6. The molecule has 132 valence electrons. The molecule has 0 unspecified atom stereocenters. The molecule has 0 saturated carbocycles. The molecule has 0 spiro atoms. The molecule has 0 radical (unpaired) electrons. The fourth-order valence-electron chi connectivity index (χ4n) is 2.56. The van der Waals surface area contributed by atoms with Crippen LogP contribution in [0.1, 0.15) is 26.7 Å². The van der Waals surface area contributed by atoms with Gasteiger partial charge >= 0.3 is 0 Å². The van der Waals surface area contributed by atoms with Gasteiger partial charge < -0.3 is 15.4 Å². The average Bonchev–Trinajstić information content (AvgIpc) is 3.00. The number of nitrogens with zero attached hydrogens (tertiary/aromatic N) is 4. The molecule has 2 aromatic rings. The lowest BCUT2D eigenvalue weighted by atomic mass is 10.0. The summed E-state index contributed by atoms with van der Waals surface area (Å²) in [5.41, 5.74) is 0.752. The standard InChI is InChI=1S/C16H26N6O2/c1-4-12(5-2)16(23)18-6-8-22-15-13(10-21-22)14(19-11-20-15)17-7-9-24-3/h10-12H,4-9H2,1-3H3,(H,18,23)(H,17,19,20). The molecule has 0 atom stereocenters. The minimum absolute atomic E-state index is 0.0817. The Morgan fingerprint density at radius 1 is 1.29 bits per heavy atom. The summed E-state index contributed by atoms with van der Waals surface area (Å²) in [6, 6.07) is 0. The fraction of sp³-hybridized carbons (Fsp3) is 0.625. The molecule has 0 bridgehead atoms. The summed E-state index contributed by atoms with van der Waals surface area (Å²) in [6.07, 6.45) is 4.97. The zero-order chi connectivity index (χ0) is 17.4. The number of aromatic nitrogens is 4. The Labute approximate surface area is 142 Å². The van der Waals surface area contributed by atoms with Crippen molar-refractivity contribution in [3.05, 3.63) is 12.5 Å². The van der Waals surface area contributed by atoms with Crippen LogP contribution in [-0.4, -0.2) is 52.5 Å². The predicted molar refractivity (Wildman–Crippen MR) is 92.8 cm³/mol. The van der Waals surface area contributed by atoms with E-state index in [0.717, 1.165) is 29.7 Å². The number of rotatable bonds is 10. The number of hydrogen-bond donors (Lipinski definition) is 2. The van der Waals surface area contributed by atoms with Crippen molar-refractivity contribution in [2.75, 3.05) is 32.1 Å². The van der Waals surface area contributed by atoms with Crippen LogP contribution in [0, 0.1) is 5.92 Å². The molecule has 0 aliphatic heterocycles. The first kappa shape index (κ1) is 18.1. The van der Waals surface area contributed by atoms with Gasteiger partial charge in [-0.15, -0.1) is 0 Å². The Hall–Kier alpha value is -2.22. The first-order valence-corrected chi connectivity index (χ1v) is 8.38. The predicted octanol–water partition coefficient (Wildman–Crippen LogP) is 1.44. The number of amides is 1. The Morgan fingerprint density at radius 3 is 2.79 bits per heavy atom. The molecule has 24 heavy (non-hydrogen) atoms. The van der Waals surface area contributed by atoms with Crippen molar-refractivity contribution in [2.24, 2.45) is 5.92 Å². The topological polar surface area (TPSA) is 94.0 Å². The van der Waals surface area contributed by atoms with E-state index in [1.807, 2.05) is 13.8 Å². The number of carbonyl (C=O) groups is 1. The van der Waals surface area contributed by atoms with E-state index < -0.39 is 0 Å². The molecular formula is C16H26N6O2. The fourth-order valence-corrected chi connectivity index (χ4v) is 2.56. The van der Waals surface area contributed by atoms with Gasteiger partial charge in [-0.25, -0.2) is 14.6 Å². The summed E-state index contributed by atoms with van der Waals surface area (Å²) < 4.78 is 6.81. The number of carbonyl (C=O) groups excluding carboxylic acids is 1. The molecule has 0 aromatic carbocycles. The highest BCUT2D eigenvalue weighted by atomic mass is 16.5. The summed E-state index contributed by atoms with van der Waals surface area (Å²) in [5, 5.41) is 11.4.